The quantitative estimate of drug-likeness (QED) is 0.690. The molecule has 4 nitrogen and oxygen atoms in total. The Morgan fingerprint density at radius 3 is 2.53 bits per heavy atom. The van der Waals surface area contributed by atoms with Crippen molar-refractivity contribution in [2.75, 3.05) is 7.11 Å². The van der Waals surface area contributed by atoms with Gasteiger partial charge in [-0.15, -0.1) is 0 Å². The molecule has 0 bridgehead atoms. The number of rotatable bonds is 3. The van der Waals surface area contributed by atoms with Gasteiger partial charge in [0.15, 0.2) is 0 Å². The molecule has 0 amide bonds. The zero-order chi connectivity index (χ0) is 11.6. The molecule has 0 fully saturated rings. The summed E-state index contributed by atoms with van der Waals surface area (Å²) in [5.41, 5.74) is 2.19. The predicted molar refractivity (Wildman–Crippen MR) is 60.1 cm³/mol. The fourth-order valence-electron chi connectivity index (χ4n) is 1.35. The van der Waals surface area contributed by atoms with Crippen LogP contribution in [0.4, 0.5) is 0 Å². The highest BCUT2D eigenvalue weighted by Gasteiger charge is 2.20. The van der Waals surface area contributed by atoms with E-state index in [9.17, 15) is 10.0 Å². The number of ether oxygens (including phenoxy) is 1. The van der Waals surface area contributed by atoms with E-state index in [2.05, 4.69) is 11.6 Å². The summed E-state index contributed by atoms with van der Waals surface area (Å²) in [4.78, 5) is 4.22. The second-order valence-corrected chi connectivity index (χ2v) is 3.37. The van der Waals surface area contributed by atoms with Crippen LogP contribution in [0, 0.1) is 6.92 Å². The molecule has 15 heavy (non-hydrogen) atoms. The van der Waals surface area contributed by atoms with Crippen LogP contribution in [0.3, 0.4) is 0 Å². The van der Waals surface area contributed by atoms with Gasteiger partial charge in [-0.2, -0.15) is 0 Å². The molecule has 0 aliphatic rings. The van der Waals surface area contributed by atoms with Gasteiger partial charge in [0.25, 0.3) is 0 Å². The average molecular weight is 207 g/mol. The van der Waals surface area contributed by atoms with Crippen LogP contribution in [0.5, 0.6) is 5.75 Å². The van der Waals surface area contributed by atoms with Crippen molar-refractivity contribution in [3.63, 3.8) is 0 Å². The molecule has 0 aromatic carbocycles. The lowest BCUT2D eigenvalue weighted by atomic mass is 9.77. The first-order chi connectivity index (χ1) is 6.97. The van der Waals surface area contributed by atoms with Crippen LogP contribution in [0.1, 0.15) is 18.3 Å². The van der Waals surface area contributed by atoms with Crippen LogP contribution in [-0.4, -0.2) is 29.3 Å². The molecule has 80 valence electrons. The molecule has 0 radical (unpaired) electrons. The number of methoxy groups -OCH3 is 1. The average Bonchev–Trinajstić information content (AvgIpc) is 2.16. The third-order valence-electron chi connectivity index (χ3n) is 2.10. The predicted octanol–water partition coefficient (Wildman–Crippen LogP) is 0.112. The zero-order valence-corrected chi connectivity index (χ0v) is 9.11. The largest absolute Gasteiger partial charge is 0.495 e. The highest BCUT2D eigenvalue weighted by molar-refractivity contribution is 6.59. The van der Waals surface area contributed by atoms with Crippen LogP contribution in [0.15, 0.2) is 12.6 Å². The van der Waals surface area contributed by atoms with Gasteiger partial charge in [0.1, 0.15) is 5.75 Å². The van der Waals surface area contributed by atoms with Gasteiger partial charge in [-0.1, -0.05) is 6.58 Å². The first-order valence-corrected chi connectivity index (χ1v) is 4.55. The molecule has 0 aliphatic carbocycles. The molecule has 1 aromatic heterocycles. The third kappa shape index (κ3) is 2.37. The van der Waals surface area contributed by atoms with Crippen molar-refractivity contribution in [1.29, 1.82) is 0 Å². The molecule has 0 aliphatic heterocycles. The number of nitrogens with zero attached hydrogens (tertiary/aromatic N) is 1. The lowest BCUT2D eigenvalue weighted by Crippen LogP contribution is -2.34. The summed E-state index contributed by atoms with van der Waals surface area (Å²) in [6.45, 7) is 7.29. The van der Waals surface area contributed by atoms with Crippen molar-refractivity contribution in [2.24, 2.45) is 0 Å². The van der Waals surface area contributed by atoms with E-state index in [1.165, 1.54) is 7.11 Å². The van der Waals surface area contributed by atoms with Crippen LogP contribution in [-0.2, 0) is 0 Å². The summed E-state index contributed by atoms with van der Waals surface area (Å²) in [6, 6.07) is 1.57. The molecule has 0 atom stereocenters. The number of hydrogen-bond donors (Lipinski definition) is 2. The molecule has 0 saturated carbocycles. The van der Waals surface area contributed by atoms with E-state index in [4.69, 9.17) is 4.74 Å². The summed E-state index contributed by atoms with van der Waals surface area (Å²) >= 11 is 0. The van der Waals surface area contributed by atoms with E-state index in [0.717, 1.165) is 0 Å². The van der Waals surface area contributed by atoms with Gasteiger partial charge in [-0.3, -0.25) is 0 Å². The summed E-state index contributed by atoms with van der Waals surface area (Å²) in [5.74, 6) is 0.531. The fourth-order valence-corrected chi connectivity index (χ4v) is 1.35. The Kier molecular flexibility index (Phi) is 3.50. The van der Waals surface area contributed by atoms with Crippen molar-refractivity contribution >= 4 is 18.2 Å². The topological polar surface area (TPSA) is 62.6 Å². The van der Waals surface area contributed by atoms with Crippen molar-refractivity contribution < 1.29 is 14.8 Å². The van der Waals surface area contributed by atoms with Gasteiger partial charge >= 0.3 is 7.12 Å². The van der Waals surface area contributed by atoms with E-state index in [1.807, 2.05) is 0 Å². The van der Waals surface area contributed by atoms with Crippen LogP contribution >= 0.6 is 0 Å². The summed E-state index contributed by atoms with van der Waals surface area (Å²) in [6.07, 6.45) is 0. The van der Waals surface area contributed by atoms with Crippen molar-refractivity contribution in [1.82, 2.24) is 4.98 Å². The van der Waals surface area contributed by atoms with Gasteiger partial charge < -0.3 is 14.8 Å². The fraction of sp³-hybridized carbons (Fsp3) is 0.300. The summed E-state index contributed by atoms with van der Waals surface area (Å²) in [5, 5.41) is 18.4. The van der Waals surface area contributed by atoms with E-state index in [-0.39, 0.29) is 0 Å². The van der Waals surface area contributed by atoms with E-state index < -0.39 is 7.12 Å². The minimum Gasteiger partial charge on any atom is -0.495 e. The molecular formula is C10H14BNO3. The summed E-state index contributed by atoms with van der Waals surface area (Å²) in [7, 11) is -0.0588. The van der Waals surface area contributed by atoms with Gasteiger partial charge in [-0.25, -0.2) is 4.98 Å². The van der Waals surface area contributed by atoms with E-state index >= 15 is 0 Å². The van der Waals surface area contributed by atoms with Crippen molar-refractivity contribution in [2.45, 2.75) is 13.8 Å². The second-order valence-electron chi connectivity index (χ2n) is 3.37. The third-order valence-corrected chi connectivity index (χ3v) is 2.10. The lowest BCUT2D eigenvalue weighted by molar-refractivity contribution is 0.407. The maximum Gasteiger partial charge on any atom is 0.490 e. The minimum absolute atomic E-state index is 0.310. The van der Waals surface area contributed by atoms with Gasteiger partial charge in [0.2, 0.25) is 0 Å². The van der Waals surface area contributed by atoms with Crippen LogP contribution in [0.25, 0.3) is 5.57 Å². The van der Waals surface area contributed by atoms with E-state index in [1.54, 1.807) is 19.9 Å². The molecule has 1 heterocycles. The summed E-state index contributed by atoms with van der Waals surface area (Å²) < 4.78 is 5.06. The highest BCUT2D eigenvalue weighted by atomic mass is 16.5. The molecule has 0 spiro atoms. The monoisotopic (exact) mass is 207 g/mol. The molecule has 1 aromatic rings. The van der Waals surface area contributed by atoms with Crippen molar-refractivity contribution in [3.05, 3.63) is 24.0 Å². The number of aromatic nitrogens is 1. The number of hydrogen-bond acceptors (Lipinski definition) is 4. The Balaban J connectivity index is 3.38. The number of allylic oxidation sites excluding steroid dienone is 1. The van der Waals surface area contributed by atoms with Crippen LogP contribution < -0.4 is 10.2 Å². The molecule has 0 saturated heterocycles. The van der Waals surface area contributed by atoms with Crippen LogP contribution in [0.2, 0.25) is 0 Å². The first kappa shape index (κ1) is 11.7. The standard InChI is InChI=1S/C10H14BNO3/c1-6(2)10-8(11(13)14)5-9(15-4)7(3)12-10/h5,13-14H,1H2,2-4H3. The second kappa shape index (κ2) is 4.46. The van der Waals surface area contributed by atoms with E-state index in [0.29, 0.717) is 28.2 Å². The molecule has 0 unspecified atom stereocenters. The zero-order valence-electron chi connectivity index (χ0n) is 9.11. The molecule has 5 heteroatoms. The number of pyridine rings is 1. The highest BCUT2D eigenvalue weighted by Crippen LogP contribution is 2.17. The molecular weight excluding hydrogens is 193 g/mol. The minimum atomic E-state index is -1.57. The molecule has 2 N–H and O–H groups in total. The smallest absolute Gasteiger partial charge is 0.490 e. The normalized spacial score (nSPS) is 9.93. The maximum atomic E-state index is 9.18. The Morgan fingerprint density at radius 1 is 1.53 bits per heavy atom. The number of aryl methyl sites for hydroxylation is 1. The van der Waals surface area contributed by atoms with Gasteiger partial charge in [-0.05, 0) is 25.5 Å². The Morgan fingerprint density at radius 2 is 2.13 bits per heavy atom. The van der Waals surface area contributed by atoms with Gasteiger partial charge in [0, 0.05) is 5.46 Å². The lowest BCUT2D eigenvalue weighted by Gasteiger charge is -2.12. The first-order valence-electron chi connectivity index (χ1n) is 4.55. The SMILES string of the molecule is C=C(C)c1nc(C)c(OC)cc1B(O)O. The Bertz CT molecular complexity index is 390. The molecule has 1 rings (SSSR count). The maximum absolute atomic E-state index is 9.18. The van der Waals surface area contributed by atoms with Gasteiger partial charge in [0.05, 0.1) is 18.5 Å². The Hall–Kier alpha value is -1.33. The van der Waals surface area contributed by atoms with Crippen molar-refractivity contribution in [3.8, 4) is 5.75 Å². The Labute approximate surface area is 89.4 Å².